The van der Waals surface area contributed by atoms with Crippen molar-refractivity contribution in [1.29, 1.82) is 5.26 Å². The van der Waals surface area contributed by atoms with Gasteiger partial charge in [0.25, 0.3) is 0 Å². The zero-order valence-electron chi connectivity index (χ0n) is 8.02. The first-order valence-electron chi connectivity index (χ1n) is 4.60. The Morgan fingerprint density at radius 1 is 1.20 bits per heavy atom. The first-order chi connectivity index (χ1) is 7.31. The lowest BCUT2D eigenvalue weighted by atomic mass is 10.2. The van der Waals surface area contributed by atoms with Gasteiger partial charge in [-0.1, -0.05) is 29.8 Å². The van der Waals surface area contributed by atoms with Crippen LogP contribution in [0.3, 0.4) is 0 Å². The Hall–Kier alpha value is -1.72. The maximum atomic E-state index is 8.85. The van der Waals surface area contributed by atoms with E-state index in [0.29, 0.717) is 12.2 Å². The van der Waals surface area contributed by atoms with Crippen molar-refractivity contribution in [3.05, 3.63) is 58.9 Å². The Morgan fingerprint density at radius 2 is 2.00 bits per heavy atom. The summed E-state index contributed by atoms with van der Waals surface area (Å²) < 4.78 is 1.88. The predicted octanol–water partition coefficient (Wildman–Crippen LogP) is 3.06. The second kappa shape index (κ2) is 4.20. The number of aromatic nitrogens is 1. The summed E-state index contributed by atoms with van der Waals surface area (Å²) in [7, 11) is 0. The van der Waals surface area contributed by atoms with Gasteiger partial charge in [-0.05, 0) is 23.8 Å². The lowest BCUT2D eigenvalue weighted by molar-refractivity contribution is 0.794. The molecule has 0 spiro atoms. The van der Waals surface area contributed by atoms with E-state index in [-0.39, 0.29) is 0 Å². The molecule has 0 bridgehead atoms. The van der Waals surface area contributed by atoms with E-state index in [4.69, 9.17) is 16.9 Å². The third-order valence-electron chi connectivity index (χ3n) is 2.24. The van der Waals surface area contributed by atoms with Gasteiger partial charge in [-0.2, -0.15) is 5.26 Å². The fourth-order valence-corrected chi connectivity index (χ4v) is 1.66. The van der Waals surface area contributed by atoms with Gasteiger partial charge in [-0.15, -0.1) is 0 Å². The van der Waals surface area contributed by atoms with Gasteiger partial charge in [0.2, 0.25) is 0 Å². The smallest absolute Gasteiger partial charge is 0.120 e. The van der Waals surface area contributed by atoms with Crippen LogP contribution in [0, 0.1) is 11.3 Å². The summed E-state index contributed by atoms with van der Waals surface area (Å²) in [6, 6.07) is 13.4. The van der Waals surface area contributed by atoms with E-state index < -0.39 is 0 Å². The number of hydrogen-bond acceptors (Lipinski definition) is 1. The first kappa shape index (κ1) is 9.82. The van der Waals surface area contributed by atoms with Crippen molar-refractivity contribution in [1.82, 2.24) is 4.57 Å². The summed E-state index contributed by atoms with van der Waals surface area (Å²) in [6.45, 7) is 0.634. The third kappa shape index (κ3) is 2.03. The van der Waals surface area contributed by atoms with Crippen LogP contribution in [-0.4, -0.2) is 4.57 Å². The van der Waals surface area contributed by atoms with Gasteiger partial charge in [0.05, 0.1) is 0 Å². The second-order valence-corrected chi connectivity index (χ2v) is 3.63. The normalized spacial score (nSPS) is 9.87. The summed E-state index contributed by atoms with van der Waals surface area (Å²) >= 11 is 6.04. The molecular formula is C12H9ClN2. The van der Waals surface area contributed by atoms with Crippen LogP contribution in [0.1, 0.15) is 11.3 Å². The molecule has 0 saturated heterocycles. The molecule has 1 aromatic carbocycles. The van der Waals surface area contributed by atoms with Crippen LogP contribution in [0.2, 0.25) is 5.02 Å². The van der Waals surface area contributed by atoms with Crippen molar-refractivity contribution in [3.8, 4) is 6.07 Å². The van der Waals surface area contributed by atoms with E-state index in [1.807, 2.05) is 41.1 Å². The van der Waals surface area contributed by atoms with Gasteiger partial charge in [-0.3, -0.25) is 0 Å². The fraction of sp³-hybridized carbons (Fsp3) is 0.0833. The molecule has 0 aliphatic rings. The molecule has 0 saturated carbocycles. The Labute approximate surface area is 93.3 Å². The van der Waals surface area contributed by atoms with Crippen LogP contribution in [-0.2, 0) is 6.54 Å². The molecule has 0 atom stereocenters. The van der Waals surface area contributed by atoms with Crippen molar-refractivity contribution >= 4 is 11.6 Å². The van der Waals surface area contributed by atoms with Crippen molar-refractivity contribution < 1.29 is 0 Å². The van der Waals surface area contributed by atoms with E-state index in [0.717, 1.165) is 10.6 Å². The SMILES string of the molecule is N#Cc1cccn1Cc1ccccc1Cl. The summed E-state index contributed by atoms with van der Waals surface area (Å²) in [5.74, 6) is 0. The molecule has 2 nitrogen and oxygen atoms in total. The summed E-state index contributed by atoms with van der Waals surface area (Å²) in [5, 5.41) is 9.58. The molecule has 0 radical (unpaired) electrons. The Bertz CT molecular complexity index is 508. The topological polar surface area (TPSA) is 28.7 Å². The molecule has 1 aromatic heterocycles. The molecule has 2 rings (SSSR count). The van der Waals surface area contributed by atoms with Crippen molar-refractivity contribution in [2.75, 3.05) is 0 Å². The van der Waals surface area contributed by atoms with Crippen LogP contribution >= 0.6 is 11.6 Å². The molecule has 2 aromatic rings. The zero-order valence-corrected chi connectivity index (χ0v) is 8.78. The van der Waals surface area contributed by atoms with Crippen molar-refractivity contribution in [3.63, 3.8) is 0 Å². The average Bonchev–Trinajstić information content (AvgIpc) is 2.69. The fourth-order valence-electron chi connectivity index (χ4n) is 1.46. The highest BCUT2D eigenvalue weighted by molar-refractivity contribution is 6.31. The molecule has 0 aliphatic heterocycles. The van der Waals surface area contributed by atoms with Gasteiger partial charge in [0.1, 0.15) is 11.8 Å². The van der Waals surface area contributed by atoms with E-state index in [1.165, 1.54) is 0 Å². The van der Waals surface area contributed by atoms with Crippen LogP contribution < -0.4 is 0 Å². The zero-order chi connectivity index (χ0) is 10.7. The van der Waals surface area contributed by atoms with E-state index in [1.54, 1.807) is 6.07 Å². The van der Waals surface area contributed by atoms with Gasteiger partial charge in [-0.25, -0.2) is 0 Å². The number of benzene rings is 1. The van der Waals surface area contributed by atoms with Crippen LogP contribution in [0.5, 0.6) is 0 Å². The summed E-state index contributed by atoms with van der Waals surface area (Å²) in [6.07, 6.45) is 1.88. The predicted molar refractivity (Wildman–Crippen MR) is 59.7 cm³/mol. The van der Waals surface area contributed by atoms with Crippen LogP contribution in [0.15, 0.2) is 42.6 Å². The Kier molecular flexibility index (Phi) is 2.75. The van der Waals surface area contributed by atoms with Gasteiger partial charge in [0.15, 0.2) is 0 Å². The molecule has 3 heteroatoms. The molecule has 74 valence electrons. The number of halogens is 1. The van der Waals surface area contributed by atoms with Crippen LogP contribution in [0.4, 0.5) is 0 Å². The minimum atomic E-state index is 0.634. The Morgan fingerprint density at radius 3 is 2.73 bits per heavy atom. The molecular weight excluding hydrogens is 208 g/mol. The quantitative estimate of drug-likeness (QED) is 0.759. The third-order valence-corrected chi connectivity index (χ3v) is 2.61. The molecule has 0 amide bonds. The second-order valence-electron chi connectivity index (χ2n) is 3.22. The molecule has 0 aliphatic carbocycles. The maximum absolute atomic E-state index is 8.85. The number of rotatable bonds is 2. The minimum absolute atomic E-state index is 0.634. The van der Waals surface area contributed by atoms with E-state index in [9.17, 15) is 0 Å². The summed E-state index contributed by atoms with van der Waals surface area (Å²) in [4.78, 5) is 0. The molecule has 15 heavy (non-hydrogen) atoms. The van der Waals surface area contributed by atoms with Gasteiger partial charge >= 0.3 is 0 Å². The number of nitriles is 1. The average molecular weight is 217 g/mol. The molecule has 0 fully saturated rings. The molecule has 0 N–H and O–H groups in total. The first-order valence-corrected chi connectivity index (χ1v) is 4.97. The highest BCUT2D eigenvalue weighted by Crippen LogP contribution is 2.17. The Balaban J connectivity index is 2.31. The van der Waals surface area contributed by atoms with Gasteiger partial charge in [0, 0.05) is 17.8 Å². The van der Waals surface area contributed by atoms with E-state index >= 15 is 0 Å². The maximum Gasteiger partial charge on any atom is 0.120 e. The highest BCUT2D eigenvalue weighted by atomic mass is 35.5. The van der Waals surface area contributed by atoms with Crippen molar-refractivity contribution in [2.24, 2.45) is 0 Å². The standard InChI is InChI=1S/C12H9ClN2/c13-12-6-2-1-4-10(12)9-15-7-3-5-11(15)8-14/h1-7H,9H2. The molecule has 1 heterocycles. The van der Waals surface area contributed by atoms with Crippen molar-refractivity contribution in [2.45, 2.75) is 6.54 Å². The van der Waals surface area contributed by atoms with Gasteiger partial charge < -0.3 is 4.57 Å². The lowest BCUT2D eigenvalue weighted by Gasteiger charge is -2.06. The van der Waals surface area contributed by atoms with E-state index in [2.05, 4.69) is 6.07 Å². The minimum Gasteiger partial charge on any atom is -0.335 e. The van der Waals surface area contributed by atoms with Crippen LogP contribution in [0.25, 0.3) is 0 Å². The highest BCUT2D eigenvalue weighted by Gasteiger charge is 2.03. The largest absolute Gasteiger partial charge is 0.335 e. The lowest BCUT2D eigenvalue weighted by Crippen LogP contribution is -2.00. The summed E-state index contributed by atoms with van der Waals surface area (Å²) in [5.41, 5.74) is 1.67. The monoisotopic (exact) mass is 216 g/mol. The number of nitrogens with zero attached hydrogens (tertiary/aromatic N) is 2. The molecule has 0 unspecified atom stereocenters. The number of hydrogen-bond donors (Lipinski definition) is 0.